The molecule has 2 unspecified atom stereocenters. The number of nitriles is 1. The van der Waals surface area contributed by atoms with Crippen molar-refractivity contribution in [1.82, 2.24) is 0 Å². The van der Waals surface area contributed by atoms with E-state index in [1.807, 2.05) is 13.0 Å². The van der Waals surface area contributed by atoms with Gasteiger partial charge in [0.15, 0.2) is 0 Å². The number of methoxy groups -OCH3 is 1. The highest BCUT2D eigenvalue weighted by molar-refractivity contribution is 5.42. The summed E-state index contributed by atoms with van der Waals surface area (Å²) in [5, 5.41) is 18.6. The Morgan fingerprint density at radius 2 is 2.00 bits per heavy atom. The molecule has 19 heavy (non-hydrogen) atoms. The lowest BCUT2D eigenvalue weighted by atomic mass is 10.2. The molecular weight excluding hydrogens is 246 g/mol. The van der Waals surface area contributed by atoms with Crippen LogP contribution in [0.25, 0.3) is 0 Å². The molecule has 0 spiro atoms. The Morgan fingerprint density at radius 3 is 2.68 bits per heavy atom. The topological polar surface area (TPSA) is 71.7 Å². The highest BCUT2D eigenvalue weighted by atomic mass is 16.5. The molecule has 5 heteroatoms. The number of ether oxygens (including phenoxy) is 3. The number of benzene rings is 1. The van der Waals surface area contributed by atoms with Crippen molar-refractivity contribution < 1.29 is 19.3 Å². The maximum atomic E-state index is 9.72. The largest absolute Gasteiger partial charge is 0.489 e. The zero-order chi connectivity index (χ0) is 14.1. The second-order valence-electron chi connectivity index (χ2n) is 4.17. The molecule has 1 N–H and O–H groups in total. The molecule has 0 aliphatic rings. The van der Waals surface area contributed by atoms with E-state index in [1.165, 1.54) is 0 Å². The molecule has 104 valence electrons. The summed E-state index contributed by atoms with van der Waals surface area (Å²) in [6, 6.07) is 8.93. The molecular formula is C14H19NO4. The lowest BCUT2D eigenvalue weighted by Crippen LogP contribution is -2.27. The van der Waals surface area contributed by atoms with Gasteiger partial charge in [-0.3, -0.25) is 0 Å². The van der Waals surface area contributed by atoms with E-state index < -0.39 is 6.10 Å². The molecule has 0 saturated heterocycles. The molecule has 2 atom stereocenters. The number of hydrogen-bond acceptors (Lipinski definition) is 5. The molecule has 1 rings (SSSR count). The average molecular weight is 265 g/mol. The lowest BCUT2D eigenvalue weighted by Gasteiger charge is -2.16. The van der Waals surface area contributed by atoms with Gasteiger partial charge >= 0.3 is 0 Å². The van der Waals surface area contributed by atoms with E-state index in [4.69, 9.17) is 19.5 Å². The molecule has 0 amide bonds. The Labute approximate surface area is 113 Å². The van der Waals surface area contributed by atoms with Crippen LogP contribution in [0.4, 0.5) is 0 Å². The summed E-state index contributed by atoms with van der Waals surface area (Å²) in [5.41, 5.74) is 0.448. The number of aliphatic hydroxyl groups is 1. The maximum absolute atomic E-state index is 9.72. The van der Waals surface area contributed by atoms with Gasteiger partial charge in [-0.1, -0.05) is 12.1 Å². The summed E-state index contributed by atoms with van der Waals surface area (Å²) < 4.78 is 15.7. The molecule has 0 heterocycles. The SMILES string of the molecule is COCC(C)OCC(O)COc1ccccc1C#N. The van der Waals surface area contributed by atoms with Crippen molar-refractivity contribution in [2.24, 2.45) is 0 Å². The normalized spacial score (nSPS) is 13.6. The summed E-state index contributed by atoms with van der Waals surface area (Å²) in [6.07, 6.45) is -0.822. The van der Waals surface area contributed by atoms with Crippen LogP contribution in [0.3, 0.4) is 0 Å². The average Bonchev–Trinajstić information content (AvgIpc) is 2.43. The third-order valence-corrected chi connectivity index (χ3v) is 2.41. The molecule has 0 saturated carbocycles. The van der Waals surface area contributed by atoms with E-state index >= 15 is 0 Å². The van der Waals surface area contributed by atoms with Crippen LogP contribution in [0.5, 0.6) is 5.75 Å². The van der Waals surface area contributed by atoms with Crippen molar-refractivity contribution in [3.63, 3.8) is 0 Å². The van der Waals surface area contributed by atoms with Gasteiger partial charge in [-0.25, -0.2) is 0 Å². The van der Waals surface area contributed by atoms with E-state index in [2.05, 4.69) is 0 Å². The quantitative estimate of drug-likeness (QED) is 0.768. The Balaban J connectivity index is 2.34. The van der Waals surface area contributed by atoms with E-state index in [1.54, 1.807) is 31.4 Å². The van der Waals surface area contributed by atoms with Gasteiger partial charge in [-0.05, 0) is 19.1 Å². The minimum absolute atomic E-state index is 0.0777. The van der Waals surface area contributed by atoms with Crippen LogP contribution in [-0.2, 0) is 9.47 Å². The molecule has 0 bridgehead atoms. The number of hydrogen-bond donors (Lipinski definition) is 1. The molecule has 0 aliphatic heterocycles. The summed E-state index contributed by atoms with van der Waals surface area (Å²) in [6.45, 7) is 2.59. The summed E-state index contributed by atoms with van der Waals surface area (Å²) in [4.78, 5) is 0. The molecule has 0 radical (unpaired) electrons. The highest BCUT2D eigenvalue weighted by Crippen LogP contribution is 2.16. The van der Waals surface area contributed by atoms with Crippen LogP contribution in [0.2, 0.25) is 0 Å². The highest BCUT2D eigenvalue weighted by Gasteiger charge is 2.10. The first kappa shape index (κ1) is 15.4. The van der Waals surface area contributed by atoms with Gasteiger partial charge in [0, 0.05) is 7.11 Å². The number of para-hydroxylation sites is 1. The van der Waals surface area contributed by atoms with Crippen molar-refractivity contribution in [3.8, 4) is 11.8 Å². The second-order valence-corrected chi connectivity index (χ2v) is 4.17. The van der Waals surface area contributed by atoms with Crippen LogP contribution in [0.1, 0.15) is 12.5 Å². The molecule has 1 aromatic carbocycles. The van der Waals surface area contributed by atoms with Crippen LogP contribution in [-0.4, -0.2) is 44.2 Å². The predicted octanol–water partition coefficient (Wildman–Crippen LogP) is 1.35. The zero-order valence-electron chi connectivity index (χ0n) is 11.2. The monoisotopic (exact) mass is 265 g/mol. The molecule has 1 aromatic rings. The minimum atomic E-state index is -0.744. The van der Waals surface area contributed by atoms with Crippen molar-refractivity contribution in [3.05, 3.63) is 29.8 Å². The smallest absolute Gasteiger partial charge is 0.137 e. The van der Waals surface area contributed by atoms with Crippen molar-refractivity contribution in [1.29, 1.82) is 5.26 Å². The molecule has 5 nitrogen and oxygen atoms in total. The van der Waals surface area contributed by atoms with Crippen molar-refractivity contribution in [2.45, 2.75) is 19.1 Å². The zero-order valence-corrected chi connectivity index (χ0v) is 11.2. The number of aliphatic hydroxyl groups excluding tert-OH is 1. The lowest BCUT2D eigenvalue weighted by molar-refractivity contribution is -0.0423. The summed E-state index contributed by atoms with van der Waals surface area (Å²) in [5.74, 6) is 0.467. The fraction of sp³-hybridized carbons (Fsp3) is 0.500. The predicted molar refractivity (Wildman–Crippen MR) is 69.9 cm³/mol. The Bertz CT molecular complexity index is 416. The fourth-order valence-electron chi connectivity index (χ4n) is 1.48. The summed E-state index contributed by atoms with van der Waals surface area (Å²) in [7, 11) is 1.60. The second kappa shape index (κ2) is 8.48. The fourth-order valence-corrected chi connectivity index (χ4v) is 1.48. The van der Waals surface area contributed by atoms with Crippen LogP contribution in [0.15, 0.2) is 24.3 Å². The molecule has 0 aliphatic carbocycles. The van der Waals surface area contributed by atoms with Gasteiger partial charge in [-0.2, -0.15) is 5.26 Å². The Kier molecular flexibility index (Phi) is 6.90. The van der Waals surface area contributed by atoms with Gasteiger partial charge in [0.05, 0.1) is 24.9 Å². The van der Waals surface area contributed by atoms with Crippen molar-refractivity contribution >= 4 is 0 Å². The van der Waals surface area contributed by atoms with Gasteiger partial charge in [-0.15, -0.1) is 0 Å². The van der Waals surface area contributed by atoms with Gasteiger partial charge in [0.1, 0.15) is 24.5 Å². The van der Waals surface area contributed by atoms with Crippen LogP contribution < -0.4 is 4.74 Å². The van der Waals surface area contributed by atoms with E-state index in [-0.39, 0.29) is 19.3 Å². The van der Waals surface area contributed by atoms with Gasteiger partial charge in [0.2, 0.25) is 0 Å². The first-order valence-electron chi connectivity index (χ1n) is 6.08. The third kappa shape index (κ3) is 5.71. The Hall–Kier alpha value is -1.61. The van der Waals surface area contributed by atoms with E-state index in [0.29, 0.717) is 17.9 Å². The standard InChI is InChI=1S/C14H19NO4/c1-11(8-17-2)18-9-13(16)10-19-14-6-4-3-5-12(14)7-15/h3-6,11,13,16H,8-10H2,1-2H3. The van der Waals surface area contributed by atoms with Crippen LogP contribution in [0, 0.1) is 11.3 Å². The molecule has 0 fully saturated rings. The summed E-state index contributed by atoms with van der Waals surface area (Å²) >= 11 is 0. The minimum Gasteiger partial charge on any atom is -0.489 e. The molecule has 0 aromatic heterocycles. The Morgan fingerprint density at radius 1 is 1.26 bits per heavy atom. The van der Waals surface area contributed by atoms with Crippen LogP contribution >= 0.6 is 0 Å². The first-order valence-corrected chi connectivity index (χ1v) is 6.08. The van der Waals surface area contributed by atoms with Crippen molar-refractivity contribution in [2.75, 3.05) is 26.9 Å². The number of rotatable bonds is 8. The van der Waals surface area contributed by atoms with Gasteiger partial charge < -0.3 is 19.3 Å². The maximum Gasteiger partial charge on any atom is 0.137 e. The van der Waals surface area contributed by atoms with E-state index in [0.717, 1.165) is 0 Å². The van der Waals surface area contributed by atoms with Gasteiger partial charge in [0.25, 0.3) is 0 Å². The third-order valence-electron chi connectivity index (χ3n) is 2.41. The van der Waals surface area contributed by atoms with E-state index in [9.17, 15) is 5.11 Å². The number of nitrogens with zero attached hydrogens (tertiary/aromatic N) is 1. The first-order chi connectivity index (χ1) is 9.17.